The average molecular weight is 202 g/mol. The number of rotatable bonds is 1. The van der Waals surface area contributed by atoms with E-state index in [9.17, 15) is 13.2 Å². The Morgan fingerprint density at radius 2 is 2.00 bits per heavy atom. The number of hydrogen-bond donors (Lipinski definition) is 0. The van der Waals surface area contributed by atoms with Crippen LogP contribution in [0.4, 0.5) is 13.2 Å². The van der Waals surface area contributed by atoms with Crippen LogP contribution in [0, 0.1) is 5.41 Å². The van der Waals surface area contributed by atoms with Crippen LogP contribution < -0.4 is 0 Å². The number of hydrogen-bond acceptors (Lipinski definition) is 0. The van der Waals surface area contributed by atoms with Crippen LogP contribution in [0.3, 0.4) is 0 Å². The van der Waals surface area contributed by atoms with Crippen LogP contribution in [0.2, 0.25) is 0 Å². The summed E-state index contributed by atoms with van der Waals surface area (Å²) >= 11 is 0. The lowest BCUT2D eigenvalue weighted by molar-refractivity contribution is -0.0887. The molecule has 0 saturated carbocycles. The Kier molecular flexibility index (Phi) is 2.61. The molecule has 1 aliphatic rings. The van der Waals surface area contributed by atoms with E-state index in [0.29, 0.717) is 0 Å². The third-order valence-electron chi connectivity index (χ3n) is 2.18. The van der Waals surface area contributed by atoms with Gasteiger partial charge in [0, 0.05) is 0 Å². The Bertz CT molecular complexity index is 303. The second-order valence-corrected chi connectivity index (χ2v) is 4.17. The summed E-state index contributed by atoms with van der Waals surface area (Å²) in [5, 5.41) is 0. The van der Waals surface area contributed by atoms with Gasteiger partial charge in [0.25, 0.3) is 0 Å². The molecule has 0 spiro atoms. The number of halogens is 3. The molecule has 0 aromatic carbocycles. The van der Waals surface area contributed by atoms with Crippen molar-refractivity contribution in [2.75, 3.05) is 0 Å². The van der Waals surface area contributed by atoms with E-state index in [1.165, 1.54) is 6.08 Å². The predicted molar refractivity (Wildman–Crippen MR) is 50.8 cm³/mol. The number of allylic oxidation sites excluding steroid dienone is 5. The molecule has 0 unspecified atom stereocenters. The van der Waals surface area contributed by atoms with Gasteiger partial charge in [0.1, 0.15) is 0 Å². The van der Waals surface area contributed by atoms with E-state index in [0.717, 1.165) is 6.42 Å². The van der Waals surface area contributed by atoms with Crippen molar-refractivity contribution in [3.8, 4) is 0 Å². The van der Waals surface area contributed by atoms with Gasteiger partial charge < -0.3 is 0 Å². The van der Waals surface area contributed by atoms with Crippen molar-refractivity contribution >= 4 is 0 Å². The van der Waals surface area contributed by atoms with Gasteiger partial charge in [-0.25, -0.2) is 0 Å². The quantitative estimate of drug-likeness (QED) is 0.602. The first-order chi connectivity index (χ1) is 6.22. The summed E-state index contributed by atoms with van der Waals surface area (Å²) in [6, 6.07) is 0. The van der Waals surface area contributed by atoms with Crippen molar-refractivity contribution in [3.05, 3.63) is 36.0 Å². The summed E-state index contributed by atoms with van der Waals surface area (Å²) in [6.07, 6.45) is 1.31. The molecule has 0 atom stereocenters. The minimum Gasteiger partial charge on any atom is -0.166 e. The van der Waals surface area contributed by atoms with Crippen LogP contribution in [0.15, 0.2) is 36.0 Å². The summed E-state index contributed by atoms with van der Waals surface area (Å²) in [4.78, 5) is 0. The standard InChI is InChI=1S/C11H13F3/c1-8(11(12,13)14)9-5-4-6-10(2,3)7-9/h4-5,7H,1,6H2,2-3H3. The van der Waals surface area contributed by atoms with Crippen LogP contribution in [0.25, 0.3) is 0 Å². The molecule has 0 heterocycles. The van der Waals surface area contributed by atoms with Gasteiger partial charge in [-0.05, 0) is 17.4 Å². The number of alkyl halides is 3. The minimum atomic E-state index is -4.33. The van der Waals surface area contributed by atoms with Gasteiger partial charge in [-0.3, -0.25) is 0 Å². The summed E-state index contributed by atoms with van der Waals surface area (Å²) < 4.78 is 36.9. The zero-order valence-corrected chi connectivity index (χ0v) is 8.28. The zero-order chi connectivity index (χ0) is 11.0. The molecule has 3 heteroatoms. The zero-order valence-electron chi connectivity index (χ0n) is 8.28. The smallest absolute Gasteiger partial charge is 0.166 e. The average Bonchev–Trinajstić information content (AvgIpc) is 1.99. The topological polar surface area (TPSA) is 0 Å². The van der Waals surface area contributed by atoms with Crippen LogP contribution in [0.5, 0.6) is 0 Å². The molecule has 0 nitrogen and oxygen atoms in total. The molecule has 78 valence electrons. The predicted octanol–water partition coefficient (Wildman–Crippen LogP) is 4.02. The highest BCUT2D eigenvalue weighted by atomic mass is 19.4. The van der Waals surface area contributed by atoms with Gasteiger partial charge >= 0.3 is 6.18 Å². The second kappa shape index (κ2) is 3.30. The molecule has 0 radical (unpaired) electrons. The van der Waals surface area contributed by atoms with Crippen molar-refractivity contribution in [2.45, 2.75) is 26.4 Å². The fraction of sp³-hybridized carbons (Fsp3) is 0.455. The van der Waals surface area contributed by atoms with Crippen molar-refractivity contribution in [1.29, 1.82) is 0 Å². The first-order valence-electron chi connectivity index (χ1n) is 4.38. The first kappa shape index (κ1) is 11.1. The summed E-state index contributed by atoms with van der Waals surface area (Å²) in [6.45, 7) is 6.88. The van der Waals surface area contributed by atoms with Crippen LogP contribution in [-0.4, -0.2) is 6.18 Å². The molecule has 14 heavy (non-hydrogen) atoms. The van der Waals surface area contributed by atoms with Gasteiger partial charge in [0.05, 0.1) is 5.57 Å². The molecule has 0 aliphatic heterocycles. The highest BCUT2D eigenvalue weighted by Crippen LogP contribution is 2.36. The molecule has 0 amide bonds. The van der Waals surface area contributed by atoms with E-state index >= 15 is 0 Å². The van der Waals surface area contributed by atoms with E-state index in [1.54, 1.807) is 12.2 Å². The molecular formula is C11H13F3. The highest BCUT2D eigenvalue weighted by Gasteiger charge is 2.34. The Labute approximate surface area is 81.8 Å². The van der Waals surface area contributed by atoms with Crippen LogP contribution in [-0.2, 0) is 0 Å². The van der Waals surface area contributed by atoms with Gasteiger partial charge in [-0.2, -0.15) is 13.2 Å². The van der Waals surface area contributed by atoms with Gasteiger partial charge in [0.15, 0.2) is 0 Å². The van der Waals surface area contributed by atoms with Gasteiger partial charge in [-0.1, -0.05) is 38.7 Å². The maximum atomic E-state index is 12.3. The fourth-order valence-corrected chi connectivity index (χ4v) is 1.37. The van der Waals surface area contributed by atoms with Crippen LogP contribution in [0.1, 0.15) is 20.3 Å². The third-order valence-corrected chi connectivity index (χ3v) is 2.18. The van der Waals surface area contributed by atoms with Crippen LogP contribution >= 0.6 is 0 Å². The van der Waals surface area contributed by atoms with E-state index in [4.69, 9.17) is 0 Å². The van der Waals surface area contributed by atoms with Gasteiger partial charge in [-0.15, -0.1) is 0 Å². The third kappa shape index (κ3) is 2.50. The molecule has 0 bridgehead atoms. The van der Waals surface area contributed by atoms with Crippen molar-refractivity contribution in [3.63, 3.8) is 0 Å². The first-order valence-corrected chi connectivity index (χ1v) is 4.38. The molecular weight excluding hydrogens is 189 g/mol. The van der Waals surface area contributed by atoms with Crippen molar-refractivity contribution < 1.29 is 13.2 Å². The molecule has 0 saturated heterocycles. The Balaban J connectivity index is 2.95. The maximum absolute atomic E-state index is 12.3. The lowest BCUT2D eigenvalue weighted by Crippen LogP contribution is -2.16. The molecule has 1 aliphatic carbocycles. The molecule has 0 aromatic rings. The normalized spacial score (nSPS) is 20.5. The van der Waals surface area contributed by atoms with Crippen molar-refractivity contribution in [1.82, 2.24) is 0 Å². The minimum absolute atomic E-state index is 0.189. The Morgan fingerprint density at radius 3 is 2.43 bits per heavy atom. The van der Waals surface area contributed by atoms with E-state index < -0.39 is 11.7 Å². The Morgan fingerprint density at radius 1 is 1.43 bits per heavy atom. The van der Waals surface area contributed by atoms with Gasteiger partial charge in [0.2, 0.25) is 0 Å². The highest BCUT2D eigenvalue weighted by molar-refractivity contribution is 5.43. The Hall–Kier alpha value is -0.990. The lowest BCUT2D eigenvalue weighted by atomic mass is 9.82. The van der Waals surface area contributed by atoms with Crippen molar-refractivity contribution in [2.24, 2.45) is 5.41 Å². The van der Waals surface area contributed by atoms with E-state index in [-0.39, 0.29) is 11.0 Å². The molecule has 0 N–H and O–H groups in total. The summed E-state index contributed by atoms with van der Waals surface area (Å²) in [5.74, 6) is 0. The SMILES string of the molecule is C=C(C1=CC(C)(C)CC=C1)C(F)(F)F. The summed E-state index contributed by atoms with van der Waals surface area (Å²) in [5.41, 5.74) is -0.784. The van der Waals surface area contributed by atoms with E-state index in [2.05, 4.69) is 6.58 Å². The lowest BCUT2D eigenvalue weighted by Gasteiger charge is -2.24. The second-order valence-electron chi connectivity index (χ2n) is 4.17. The molecule has 0 fully saturated rings. The van der Waals surface area contributed by atoms with E-state index in [1.807, 2.05) is 13.8 Å². The largest absolute Gasteiger partial charge is 0.416 e. The monoisotopic (exact) mass is 202 g/mol. The summed E-state index contributed by atoms with van der Waals surface area (Å²) in [7, 11) is 0. The molecule has 1 rings (SSSR count). The maximum Gasteiger partial charge on any atom is 0.416 e. The fourth-order valence-electron chi connectivity index (χ4n) is 1.37. The molecule has 0 aromatic heterocycles.